The van der Waals surface area contributed by atoms with Crippen molar-refractivity contribution in [3.8, 4) is 5.75 Å². The molecular formula is C16H15FN2O4. The fourth-order valence-electron chi connectivity index (χ4n) is 1.86. The van der Waals surface area contributed by atoms with Gasteiger partial charge < -0.3 is 20.5 Å². The summed E-state index contributed by atoms with van der Waals surface area (Å²) in [4.78, 5) is 22.6. The SMILES string of the molecule is COc1ccc(COC(=O)c2ccc(NC(N)=O)cc2)cc1F. The van der Waals surface area contributed by atoms with E-state index < -0.39 is 17.8 Å². The number of anilines is 1. The molecule has 2 amide bonds. The summed E-state index contributed by atoms with van der Waals surface area (Å²) in [7, 11) is 1.37. The van der Waals surface area contributed by atoms with Crippen LogP contribution in [-0.4, -0.2) is 19.1 Å². The van der Waals surface area contributed by atoms with Crippen LogP contribution in [0.4, 0.5) is 14.9 Å². The molecule has 0 atom stereocenters. The molecule has 6 nitrogen and oxygen atoms in total. The zero-order valence-corrected chi connectivity index (χ0v) is 12.3. The van der Waals surface area contributed by atoms with Gasteiger partial charge in [0.1, 0.15) is 6.61 Å². The summed E-state index contributed by atoms with van der Waals surface area (Å²) in [5.74, 6) is -0.965. The molecule has 2 aromatic carbocycles. The number of nitrogens with one attached hydrogen (secondary N) is 1. The maximum Gasteiger partial charge on any atom is 0.338 e. The minimum Gasteiger partial charge on any atom is -0.494 e. The number of esters is 1. The fourth-order valence-corrected chi connectivity index (χ4v) is 1.86. The summed E-state index contributed by atoms with van der Waals surface area (Å²) < 4.78 is 23.5. The van der Waals surface area contributed by atoms with Crippen LogP contribution in [0.2, 0.25) is 0 Å². The van der Waals surface area contributed by atoms with E-state index in [0.717, 1.165) is 0 Å². The number of amides is 2. The summed E-state index contributed by atoms with van der Waals surface area (Å²) in [5, 5.41) is 2.38. The molecule has 0 saturated carbocycles. The van der Waals surface area contributed by atoms with Crippen molar-refractivity contribution in [2.75, 3.05) is 12.4 Å². The standard InChI is InChI=1S/C16H15FN2O4/c1-22-14-7-2-10(8-13(14)17)9-23-15(20)11-3-5-12(6-4-11)19-16(18)21/h2-8H,9H2,1H3,(H3,18,19,21). The third kappa shape index (κ3) is 4.44. The molecule has 2 aromatic rings. The van der Waals surface area contributed by atoms with Gasteiger partial charge in [0.25, 0.3) is 0 Å². The normalized spacial score (nSPS) is 10.0. The van der Waals surface area contributed by atoms with Crippen molar-refractivity contribution in [1.82, 2.24) is 0 Å². The first kappa shape index (κ1) is 16.3. The van der Waals surface area contributed by atoms with E-state index in [-0.39, 0.29) is 12.4 Å². The molecule has 7 heteroatoms. The Morgan fingerprint density at radius 2 is 1.87 bits per heavy atom. The third-order valence-electron chi connectivity index (χ3n) is 2.97. The molecule has 0 aliphatic heterocycles. The van der Waals surface area contributed by atoms with Gasteiger partial charge in [0.2, 0.25) is 0 Å². The minimum absolute atomic E-state index is 0.0684. The molecule has 0 fully saturated rings. The van der Waals surface area contributed by atoms with Crippen molar-refractivity contribution in [2.24, 2.45) is 5.73 Å². The number of hydrogen-bond acceptors (Lipinski definition) is 4. The van der Waals surface area contributed by atoms with Crippen LogP contribution >= 0.6 is 0 Å². The highest BCUT2D eigenvalue weighted by Gasteiger charge is 2.09. The summed E-state index contributed by atoms with van der Waals surface area (Å²) in [5.41, 5.74) is 6.25. The van der Waals surface area contributed by atoms with E-state index in [4.69, 9.17) is 15.2 Å². The van der Waals surface area contributed by atoms with E-state index in [2.05, 4.69) is 5.32 Å². The number of methoxy groups -OCH3 is 1. The smallest absolute Gasteiger partial charge is 0.338 e. The van der Waals surface area contributed by atoms with Gasteiger partial charge in [-0.15, -0.1) is 0 Å². The Labute approximate surface area is 132 Å². The number of primary amides is 1. The average Bonchev–Trinajstić information content (AvgIpc) is 2.53. The number of ether oxygens (including phenoxy) is 2. The van der Waals surface area contributed by atoms with E-state index in [0.29, 0.717) is 16.8 Å². The van der Waals surface area contributed by atoms with E-state index in [1.54, 1.807) is 6.07 Å². The fraction of sp³-hybridized carbons (Fsp3) is 0.125. The molecule has 0 aliphatic rings. The average molecular weight is 318 g/mol. The maximum absolute atomic E-state index is 13.5. The molecule has 0 spiro atoms. The third-order valence-corrected chi connectivity index (χ3v) is 2.97. The van der Waals surface area contributed by atoms with Crippen LogP contribution in [0.15, 0.2) is 42.5 Å². The number of nitrogens with two attached hydrogens (primary N) is 1. The molecule has 3 N–H and O–H groups in total. The molecular weight excluding hydrogens is 303 g/mol. The molecule has 0 radical (unpaired) electrons. The number of carbonyl (C=O) groups excluding carboxylic acids is 2. The van der Waals surface area contributed by atoms with E-state index in [1.807, 2.05) is 0 Å². The van der Waals surface area contributed by atoms with Crippen LogP contribution in [0.25, 0.3) is 0 Å². The summed E-state index contributed by atoms with van der Waals surface area (Å²) in [6.45, 7) is -0.0684. The second-order valence-electron chi connectivity index (χ2n) is 4.61. The maximum atomic E-state index is 13.5. The first-order chi connectivity index (χ1) is 11.0. The van der Waals surface area contributed by atoms with Gasteiger partial charge >= 0.3 is 12.0 Å². The molecule has 120 valence electrons. The van der Waals surface area contributed by atoms with Crippen LogP contribution in [0.5, 0.6) is 5.75 Å². The van der Waals surface area contributed by atoms with Crippen LogP contribution < -0.4 is 15.8 Å². The largest absolute Gasteiger partial charge is 0.494 e. The van der Waals surface area contributed by atoms with Crippen LogP contribution in [0.1, 0.15) is 15.9 Å². The Morgan fingerprint density at radius 3 is 2.43 bits per heavy atom. The number of urea groups is 1. The molecule has 0 heterocycles. The predicted molar refractivity (Wildman–Crippen MR) is 81.7 cm³/mol. The van der Waals surface area contributed by atoms with Crippen molar-refractivity contribution in [3.63, 3.8) is 0 Å². The van der Waals surface area contributed by atoms with Gasteiger partial charge in [0, 0.05) is 5.69 Å². The lowest BCUT2D eigenvalue weighted by Gasteiger charge is -2.07. The molecule has 0 aliphatic carbocycles. The molecule has 0 unspecified atom stereocenters. The predicted octanol–water partition coefficient (Wildman–Crippen LogP) is 2.68. The Bertz CT molecular complexity index is 717. The van der Waals surface area contributed by atoms with Gasteiger partial charge in [0.05, 0.1) is 12.7 Å². The van der Waals surface area contributed by atoms with Crippen molar-refractivity contribution in [3.05, 3.63) is 59.4 Å². The van der Waals surface area contributed by atoms with Gasteiger partial charge in [-0.1, -0.05) is 6.07 Å². The topological polar surface area (TPSA) is 90.7 Å². The van der Waals surface area contributed by atoms with Crippen molar-refractivity contribution < 1.29 is 23.5 Å². The lowest BCUT2D eigenvalue weighted by atomic mass is 10.2. The summed E-state index contributed by atoms with van der Waals surface area (Å²) >= 11 is 0. The Balaban J connectivity index is 1.96. The van der Waals surface area contributed by atoms with Crippen LogP contribution in [-0.2, 0) is 11.3 Å². The molecule has 0 saturated heterocycles. The zero-order valence-electron chi connectivity index (χ0n) is 12.3. The van der Waals surface area contributed by atoms with Gasteiger partial charge in [-0.05, 0) is 42.0 Å². The van der Waals surface area contributed by atoms with E-state index in [9.17, 15) is 14.0 Å². The second kappa shape index (κ2) is 7.26. The quantitative estimate of drug-likeness (QED) is 0.829. The minimum atomic E-state index is -0.693. The number of halogens is 1. The first-order valence-electron chi connectivity index (χ1n) is 6.65. The highest BCUT2D eigenvalue weighted by Crippen LogP contribution is 2.18. The monoisotopic (exact) mass is 318 g/mol. The zero-order chi connectivity index (χ0) is 16.8. The van der Waals surface area contributed by atoms with Gasteiger partial charge in [-0.25, -0.2) is 14.0 Å². The molecule has 0 bridgehead atoms. The number of hydrogen-bond donors (Lipinski definition) is 2. The summed E-state index contributed by atoms with van der Waals surface area (Å²) in [6.07, 6.45) is 0. The first-order valence-corrected chi connectivity index (χ1v) is 6.65. The van der Waals surface area contributed by atoms with Crippen molar-refractivity contribution in [2.45, 2.75) is 6.61 Å². The Hall–Kier alpha value is -3.09. The van der Waals surface area contributed by atoms with Gasteiger partial charge in [-0.3, -0.25) is 0 Å². The second-order valence-corrected chi connectivity index (χ2v) is 4.61. The van der Waals surface area contributed by atoms with Crippen molar-refractivity contribution in [1.29, 1.82) is 0 Å². The molecule has 0 aromatic heterocycles. The van der Waals surface area contributed by atoms with Crippen LogP contribution in [0, 0.1) is 5.82 Å². The van der Waals surface area contributed by atoms with Crippen LogP contribution in [0.3, 0.4) is 0 Å². The highest BCUT2D eigenvalue weighted by molar-refractivity contribution is 5.91. The van der Waals surface area contributed by atoms with Gasteiger partial charge in [0.15, 0.2) is 11.6 Å². The number of benzene rings is 2. The lowest BCUT2D eigenvalue weighted by molar-refractivity contribution is 0.0472. The van der Waals surface area contributed by atoms with E-state index in [1.165, 1.54) is 43.5 Å². The number of carbonyl (C=O) groups is 2. The van der Waals surface area contributed by atoms with E-state index >= 15 is 0 Å². The lowest BCUT2D eigenvalue weighted by Crippen LogP contribution is -2.19. The molecule has 23 heavy (non-hydrogen) atoms. The summed E-state index contributed by atoms with van der Waals surface area (Å²) in [6, 6.07) is 9.64. The number of rotatable bonds is 5. The molecule has 2 rings (SSSR count). The van der Waals surface area contributed by atoms with Crippen molar-refractivity contribution >= 4 is 17.7 Å². The Morgan fingerprint density at radius 1 is 1.17 bits per heavy atom. The van der Waals surface area contributed by atoms with Gasteiger partial charge in [-0.2, -0.15) is 0 Å². The Kier molecular flexibility index (Phi) is 5.14. The highest BCUT2D eigenvalue weighted by atomic mass is 19.1.